The maximum Gasteiger partial charge on any atom is 0.264 e. The molecule has 10 heteroatoms. The summed E-state index contributed by atoms with van der Waals surface area (Å²) in [5.74, 6) is -0.634. The summed E-state index contributed by atoms with van der Waals surface area (Å²) in [4.78, 5) is 28.1. The number of anilines is 1. The standard InChI is InChI=1S/C29H34ClN3O5S/c1-5-31-29(35)22(3)32(18-17-23-9-7-6-8-10-23)28(34)20-33(26-19-24(30)13-16-27(26)38-4)39(36,37)25-14-11-21(2)12-15-25/h6-16,19,22H,5,17-18,20H2,1-4H3,(H,31,35)/t22-/m0/s1. The van der Waals surface area contributed by atoms with Gasteiger partial charge in [-0.25, -0.2) is 8.42 Å². The first kappa shape index (κ1) is 30.0. The Kier molecular flexibility index (Phi) is 10.4. The van der Waals surface area contributed by atoms with Crippen molar-refractivity contribution in [2.45, 2.75) is 38.1 Å². The van der Waals surface area contributed by atoms with Crippen molar-refractivity contribution < 1.29 is 22.7 Å². The molecular weight excluding hydrogens is 538 g/mol. The van der Waals surface area contributed by atoms with Gasteiger partial charge < -0.3 is 15.0 Å². The Labute approximate surface area is 235 Å². The van der Waals surface area contributed by atoms with Crippen LogP contribution >= 0.6 is 11.6 Å². The first-order valence-corrected chi connectivity index (χ1v) is 14.4. The normalized spacial score (nSPS) is 11.9. The van der Waals surface area contributed by atoms with Gasteiger partial charge in [-0.1, -0.05) is 59.6 Å². The largest absolute Gasteiger partial charge is 0.495 e. The summed E-state index contributed by atoms with van der Waals surface area (Å²) >= 11 is 6.25. The van der Waals surface area contributed by atoms with Crippen molar-refractivity contribution in [3.8, 4) is 5.75 Å². The minimum atomic E-state index is -4.23. The third-order valence-corrected chi connectivity index (χ3v) is 8.31. The van der Waals surface area contributed by atoms with E-state index in [0.717, 1.165) is 15.4 Å². The van der Waals surface area contributed by atoms with Gasteiger partial charge in [0, 0.05) is 18.1 Å². The van der Waals surface area contributed by atoms with Crippen LogP contribution in [0.25, 0.3) is 0 Å². The number of carbonyl (C=O) groups excluding carboxylic acids is 2. The van der Waals surface area contributed by atoms with Gasteiger partial charge in [0.1, 0.15) is 18.3 Å². The number of ether oxygens (including phenoxy) is 1. The lowest BCUT2D eigenvalue weighted by molar-refractivity contribution is -0.138. The van der Waals surface area contributed by atoms with E-state index < -0.39 is 28.5 Å². The quantitative estimate of drug-likeness (QED) is 0.346. The fraction of sp³-hybridized carbons (Fsp3) is 0.310. The molecule has 0 spiro atoms. The zero-order chi connectivity index (χ0) is 28.6. The number of likely N-dealkylation sites (N-methyl/N-ethyl adjacent to an activating group) is 1. The summed E-state index contributed by atoms with van der Waals surface area (Å²) in [5.41, 5.74) is 1.99. The van der Waals surface area contributed by atoms with E-state index in [2.05, 4.69) is 5.32 Å². The molecule has 0 aliphatic rings. The SMILES string of the molecule is CCNC(=O)[C@H](C)N(CCc1ccccc1)C(=O)CN(c1cc(Cl)ccc1OC)S(=O)(=O)c1ccc(C)cc1. The fourth-order valence-electron chi connectivity index (χ4n) is 4.10. The molecule has 0 bridgehead atoms. The van der Waals surface area contributed by atoms with Crippen molar-refractivity contribution in [2.24, 2.45) is 0 Å². The Morgan fingerprint density at radius 2 is 1.69 bits per heavy atom. The summed E-state index contributed by atoms with van der Waals surface area (Å²) in [7, 11) is -2.81. The molecule has 208 valence electrons. The first-order valence-electron chi connectivity index (χ1n) is 12.6. The Hall–Kier alpha value is -3.56. The minimum Gasteiger partial charge on any atom is -0.495 e. The molecule has 0 aliphatic carbocycles. The van der Waals surface area contributed by atoms with Gasteiger partial charge in [0.25, 0.3) is 10.0 Å². The highest BCUT2D eigenvalue weighted by Gasteiger charge is 2.33. The Bertz CT molecular complexity index is 1380. The third kappa shape index (κ3) is 7.52. The predicted molar refractivity (Wildman–Crippen MR) is 154 cm³/mol. The highest BCUT2D eigenvalue weighted by Crippen LogP contribution is 2.35. The van der Waals surface area contributed by atoms with Crippen molar-refractivity contribution in [3.05, 3.63) is 88.9 Å². The van der Waals surface area contributed by atoms with Crippen molar-refractivity contribution in [1.29, 1.82) is 0 Å². The Morgan fingerprint density at radius 3 is 2.31 bits per heavy atom. The number of carbonyl (C=O) groups is 2. The summed E-state index contributed by atoms with van der Waals surface area (Å²) in [6.07, 6.45) is 0.488. The van der Waals surface area contributed by atoms with Crippen LogP contribution in [-0.2, 0) is 26.0 Å². The van der Waals surface area contributed by atoms with Crippen molar-refractivity contribution in [1.82, 2.24) is 10.2 Å². The Balaban J connectivity index is 2.05. The fourth-order valence-corrected chi connectivity index (χ4v) is 5.68. The number of nitrogens with one attached hydrogen (secondary N) is 1. The van der Waals surface area contributed by atoms with E-state index in [1.54, 1.807) is 38.1 Å². The number of aryl methyl sites for hydroxylation is 1. The second-order valence-electron chi connectivity index (χ2n) is 9.03. The average Bonchev–Trinajstić information content (AvgIpc) is 2.92. The number of hydrogen-bond acceptors (Lipinski definition) is 5. The molecule has 0 radical (unpaired) electrons. The van der Waals surface area contributed by atoms with Crippen LogP contribution in [0.4, 0.5) is 5.69 Å². The van der Waals surface area contributed by atoms with Gasteiger partial charge in [-0.15, -0.1) is 0 Å². The lowest BCUT2D eigenvalue weighted by atomic mass is 10.1. The lowest BCUT2D eigenvalue weighted by Crippen LogP contribution is -2.52. The van der Waals surface area contributed by atoms with E-state index in [-0.39, 0.29) is 33.8 Å². The summed E-state index contributed by atoms with van der Waals surface area (Å²) < 4.78 is 34.3. The molecule has 1 atom stereocenters. The topological polar surface area (TPSA) is 96.0 Å². The molecule has 3 aromatic rings. The summed E-state index contributed by atoms with van der Waals surface area (Å²) in [5, 5.41) is 3.03. The van der Waals surface area contributed by atoms with Gasteiger partial charge in [-0.2, -0.15) is 0 Å². The zero-order valence-electron chi connectivity index (χ0n) is 22.6. The average molecular weight is 572 g/mol. The molecular formula is C29H34ClN3O5S. The molecule has 0 unspecified atom stereocenters. The van der Waals surface area contributed by atoms with Crippen LogP contribution < -0.4 is 14.4 Å². The number of sulfonamides is 1. The molecule has 39 heavy (non-hydrogen) atoms. The van der Waals surface area contributed by atoms with Gasteiger partial charge in [-0.05, 0) is 63.1 Å². The number of nitrogens with zero attached hydrogens (tertiary/aromatic N) is 2. The summed E-state index contributed by atoms with van der Waals surface area (Å²) in [6.45, 7) is 5.33. The van der Waals surface area contributed by atoms with Crippen molar-refractivity contribution in [3.63, 3.8) is 0 Å². The smallest absolute Gasteiger partial charge is 0.264 e. The van der Waals surface area contributed by atoms with Crippen LogP contribution in [0.5, 0.6) is 5.75 Å². The number of benzene rings is 3. The molecule has 0 saturated heterocycles. The van der Waals surface area contributed by atoms with E-state index in [1.807, 2.05) is 37.3 Å². The number of methoxy groups -OCH3 is 1. The molecule has 8 nitrogen and oxygen atoms in total. The Morgan fingerprint density at radius 1 is 1.03 bits per heavy atom. The lowest BCUT2D eigenvalue weighted by Gasteiger charge is -2.32. The van der Waals surface area contributed by atoms with Gasteiger partial charge >= 0.3 is 0 Å². The molecule has 3 rings (SSSR count). The molecule has 0 saturated carbocycles. The van der Waals surface area contributed by atoms with Crippen LogP contribution in [0.3, 0.4) is 0 Å². The van der Waals surface area contributed by atoms with E-state index in [4.69, 9.17) is 16.3 Å². The molecule has 0 aromatic heterocycles. The van der Waals surface area contributed by atoms with E-state index >= 15 is 0 Å². The number of amides is 2. The van der Waals surface area contributed by atoms with Crippen LogP contribution in [0.15, 0.2) is 77.7 Å². The summed E-state index contributed by atoms with van der Waals surface area (Å²) in [6, 6.07) is 19.7. The van der Waals surface area contributed by atoms with Gasteiger partial charge in [0.05, 0.1) is 17.7 Å². The number of rotatable bonds is 12. The predicted octanol–water partition coefficient (Wildman–Crippen LogP) is 4.45. The van der Waals surface area contributed by atoms with Crippen LogP contribution in [0.1, 0.15) is 25.0 Å². The first-order chi connectivity index (χ1) is 18.6. The maximum absolute atomic E-state index is 13.9. The minimum absolute atomic E-state index is 0.00976. The molecule has 0 aliphatic heterocycles. The van der Waals surface area contributed by atoms with E-state index in [9.17, 15) is 18.0 Å². The van der Waals surface area contributed by atoms with Gasteiger partial charge in [0.2, 0.25) is 11.8 Å². The van der Waals surface area contributed by atoms with Crippen LogP contribution in [0.2, 0.25) is 5.02 Å². The van der Waals surface area contributed by atoms with E-state index in [0.29, 0.717) is 13.0 Å². The second kappa shape index (κ2) is 13.5. The van der Waals surface area contributed by atoms with Crippen LogP contribution in [0, 0.1) is 6.92 Å². The molecule has 0 heterocycles. The molecule has 0 fully saturated rings. The van der Waals surface area contributed by atoms with Crippen molar-refractivity contribution >= 4 is 39.1 Å². The highest BCUT2D eigenvalue weighted by atomic mass is 35.5. The number of halogens is 1. The molecule has 3 aromatic carbocycles. The van der Waals surface area contributed by atoms with Gasteiger partial charge in [0.15, 0.2) is 0 Å². The molecule has 2 amide bonds. The maximum atomic E-state index is 13.9. The zero-order valence-corrected chi connectivity index (χ0v) is 24.1. The van der Waals surface area contributed by atoms with Crippen LogP contribution in [-0.4, -0.2) is 57.9 Å². The monoisotopic (exact) mass is 571 g/mol. The number of hydrogen-bond donors (Lipinski definition) is 1. The van der Waals surface area contributed by atoms with Gasteiger partial charge in [-0.3, -0.25) is 13.9 Å². The van der Waals surface area contributed by atoms with Crippen molar-refractivity contribution in [2.75, 3.05) is 31.0 Å². The molecule has 1 N–H and O–H groups in total. The second-order valence-corrected chi connectivity index (χ2v) is 11.3. The highest BCUT2D eigenvalue weighted by molar-refractivity contribution is 7.92. The van der Waals surface area contributed by atoms with E-state index in [1.165, 1.54) is 30.2 Å². The third-order valence-electron chi connectivity index (χ3n) is 6.30.